The molecule has 2 aromatic carbocycles. The molecular formula is C27H37N3O2. The average molecular weight is 436 g/mol. The average Bonchev–Trinajstić information content (AvgIpc) is 2.79. The van der Waals surface area contributed by atoms with E-state index in [0.29, 0.717) is 5.92 Å². The number of anilines is 1. The van der Waals surface area contributed by atoms with Crippen molar-refractivity contribution < 1.29 is 9.53 Å². The van der Waals surface area contributed by atoms with Gasteiger partial charge in [-0.25, -0.2) is 4.79 Å². The van der Waals surface area contributed by atoms with Crippen molar-refractivity contribution in [3.05, 3.63) is 65.7 Å². The summed E-state index contributed by atoms with van der Waals surface area (Å²) in [4.78, 5) is 19.2. The van der Waals surface area contributed by atoms with Crippen LogP contribution in [0.25, 0.3) is 0 Å². The number of benzene rings is 2. The highest BCUT2D eigenvalue weighted by molar-refractivity contribution is 5.68. The summed E-state index contributed by atoms with van der Waals surface area (Å²) >= 11 is 0. The van der Waals surface area contributed by atoms with E-state index in [1.807, 2.05) is 25.7 Å². The van der Waals surface area contributed by atoms with Gasteiger partial charge in [0.2, 0.25) is 0 Å². The van der Waals surface area contributed by atoms with Crippen molar-refractivity contribution in [3.8, 4) is 0 Å². The first kappa shape index (κ1) is 22.7. The van der Waals surface area contributed by atoms with E-state index in [1.54, 1.807) is 0 Å². The Hall–Kier alpha value is -2.53. The third-order valence-electron chi connectivity index (χ3n) is 6.52. The lowest BCUT2D eigenvalue weighted by atomic mass is 9.89. The summed E-state index contributed by atoms with van der Waals surface area (Å²) in [6.45, 7) is 12.1. The molecule has 0 N–H and O–H groups in total. The number of carbonyl (C=O) groups excluding carboxylic acids is 1. The number of para-hydroxylation sites is 1. The van der Waals surface area contributed by atoms with Crippen LogP contribution in [0.3, 0.4) is 0 Å². The van der Waals surface area contributed by atoms with E-state index in [2.05, 4.69) is 64.4 Å². The normalized spacial score (nSPS) is 18.6. The molecule has 5 heteroatoms. The Kier molecular flexibility index (Phi) is 7.04. The van der Waals surface area contributed by atoms with Crippen molar-refractivity contribution in [2.75, 3.05) is 44.2 Å². The van der Waals surface area contributed by atoms with E-state index in [-0.39, 0.29) is 6.09 Å². The monoisotopic (exact) mass is 435 g/mol. The molecule has 32 heavy (non-hydrogen) atoms. The molecule has 2 aliphatic rings. The Labute approximate surface area is 193 Å². The van der Waals surface area contributed by atoms with Gasteiger partial charge in [-0.2, -0.15) is 0 Å². The summed E-state index contributed by atoms with van der Waals surface area (Å²) < 4.78 is 5.53. The number of nitrogens with zero attached hydrogens (tertiary/aromatic N) is 3. The molecule has 172 valence electrons. The van der Waals surface area contributed by atoms with E-state index in [0.717, 1.165) is 45.8 Å². The molecule has 1 amide bonds. The number of piperazine rings is 1. The van der Waals surface area contributed by atoms with E-state index in [4.69, 9.17) is 4.74 Å². The zero-order valence-electron chi connectivity index (χ0n) is 19.8. The van der Waals surface area contributed by atoms with Gasteiger partial charge in [0.05, 0.1) is 0 Å². The number of hydrogen-bond acceptors (Lipinski definition) is 4. The highest BCUT2D eigenvalue weighted by Crippen LogP contribution is 2.32. The zero-order chi connectivity index (χ0) is 22.6. The molecule has 2 aromatic rings. The topological polar surface area (TPSA) is 36.0 Å². The van der Waals surface area contributed by atoms with Gasteiger partial charge < -0.3 is 14.5 Å². The van der Waals surface area contributed by atoms with Gasteiger partial charge in [-0.1, -0.05) is 48.5 Å². The molecule has 2 aliphatic heterocycles. The van der Waals surface area contributed by atoms with Crippen LogP contribution in [0.5, 0.6) is 0 Å². The van der Waals surface area contributed by atoms with Gasteiger partial charge in [-0.3, -0.25) is 4.90 Å². The molecule has 4 rings (SSSR count). The van der Waals surface area contributed by atoms with Crippen LogP contribution in [0.2, 0.25) is 0 Å². The maximum atomic E-state index is 12.3. The number of carbonyl (C=O) groups is 1. The summed E-state index contributed by atoms with van der Waals surface area (Å²) in [5.74, 6) is 0.667. The second-order valence-electron chi connectivity index (χ2n) is 10.0. The van der Waals surface area contributed by atoms with Crippen LogP contribution in [0, 0.1) is 0 Å². The van der Waals surface area contributed by atoms with Crippen LogP contribution >= 0.6 is 0 Å². The Morgan fingerprint density at radius 3 is 2.16 bits per heavy atom. The summed E-state index contributed by atoms with van der Waals surface area (Å²) in [5, 5.41) is 0. The standard InChI is InChI=1S/C27H37N3O2/c1-27(2,3)32-26(31)30-19-17-28(18-20-30)21-24-11-7-8-12-25(24)29-15-13-23(14-16-29)22-9-5-4-6-10-22/h4-12,23H,13-21H2,1-3H3. The number of ether oxygens (including phenoxy) is 1. The molecule has 0 unspecified atom stereocenters. The molecule has 2 fully saturated rings. The minimum atomic E-state index is -0.443. The van der Waals surface area contributed by atoms with Crippen molar-refractivity contribution in [2.24, 2.45) is 0 Å². The van der Waals surface area contributed by atoms with Crippen molar-refractivity contribution in [1.82, 2.24) is 9.80 Å². The third kappa shape index (κ3) is 5.83. The SMILES string of the molecule is CC(C)(C)OC(=O)N1CCN(Cc2ccccc2N2CCC(c3ccccc3)CC2)CC1. The predicted molar refractivity (Wildman–Crippen MR) is 130 cm³/mol. The van der Waals surface area contributed by atoms with Gasteiger partial charge in [0.1, 0.15) is 5.60 Å². The maximum Gasteiger partial charge on any atom is 0.410 e. The summed E-state index contributed by atoms with van der Waals surface area (Å²) in [6.07, 6.45) is 2.21. The molecule has 0 radical (unpaired) electrons. The summed E-state index contributed by atoms with van der Waals surface area (Å²) in [6, 6.07) is 19.8. The lowest BCUT2D eigenvalue weighted by Crippen LogP contribution is -2.49. The number of amides is 1. The van der Waals surface area contributed by atoms with Crippen molar-refractivity contribution >= 4 is 11.8 Å². The van der Waals surface area contributed by atoms with Crippen molar-refractivity contribution in [2.45, 2.75) is 51.7 Å². The second-order valence-corrected chi connectivity index (χ2v) is 10.0. The molecule has 2 heterocycles. The minimum Gasteiger partial charge on any atom is -0.444 e. The van der Waals surface area contributed by atoms with Gasteiger partial charge in [-0.15, -0.1) is 0 Å². The Bertz CT molecular complexity index is 877. The lowest BCUT2D eigenvalue weighted by Gasteiger charge is -2.38. The minimum absolute atomic E-state index is 0.196. The molecule has 0 aromatic heterocycles. The largest absolute Gasteiger partial charge is 0.444 e. The van der Waals surface area contributed by atoms with Gasteiger partial charge in [-0.05, 0) is 56.7 Å². The molecule has 2 saturated heterocycles. The van der Waals surface area contributed by atoms with Crippen LogP contribution in [0.1, 0.15) is 50.7 Å². The Morgan fingerprint density at radius 1 is 0.875 bits per heavy atom. The number of piperidine rings is 1. The third-order valence-corrected chi connectivity index (χ3v) is 6.52. The molecule has 5 nitrogen and oxygen atoms in total. The fourth-order valence-corrected chi connectivity index (χ4v) is 4.79. The highest BCUT2D eigenvalue weighted by atomic mass is 16.6. The van der Waals surface area contributed by atoms with Crippen LogP contribution in [-0.2, 0) is 11.3 Å². The second kappa shape index (κ2) is 9.95. The Balaban J connectivity index is 1.32. The quantitative estimate of drug-likeness (QED) is 0.668. The van der Waals surface area contributed by atoms with Crippen LogP contribution < -0.4 is 4.90 Å². The summed E-state index contributed by atoms with van der Waals surface area (Å²) in [5.41, 5.74) is 3.79. The molecule has 0 saturated carbocycles. The smallest absolute Gasteiger partial charge is 0.410 e. The molecule has 0 aliphatic carbocycles. The van der Waals surface area contributed by atoms with E-state index in [1.165, 1.54) is 29.7 Å². The van der Waals surface area contributed by atoms with Crippen molar-refractivity contribution in [3.63, 3.8) is 0 Å². The lowest BCUT2D eigenvalue weighted by molar-refractivity contribution is 0.0139. The van der Waals surface area contributed by atoms with Gasteiger partial charge in [0.15, 0.2) is 0 Å². The van der Waals surface area contributed by atoms with E-state index in [9.17, 15) is 4.79 Å². The van der Waals surface area contributed by atoms with E-state index >= 15 is 0 Å². The fraction of sp³-hybridized carbons (Fsp3) is 0.519. The molecule has 0 bridgehead atoms. The first-order valence-corrected chi connectivity index (χ1v) is 12.0. The number of rotatable bonds is 4. The van der Waals surface area contributed by atoms with Crippen molar-refractivity contribution in [1.29, 1.82) is 0 Å². The van der Waals surface area contributed by atoms with Gasteiger partial charge in [0.25, 0.3) is 0 Å². The first-order chi connectivity index (χ1) is 15.4. The van der Waals surface area contributed by atoms with Gasteiger partial charge >= 0.3 is 6.09 Å². The van der Waals surface area contributed by atoms with Crippen LogP contribution in [0.4, 0.5) is 10.5 Å². The Morgan fingerprint density at radius 2 is 1.50 bits per heavy atom. The first-order valence-electron chi connectivity index (χ1n) is 12.0. The number of hydrogen-bond donors (Lipinski definition) is 0. The zero-order valence-corrected chi connectivity index (χ0v) is 19.8. The molecule has 0 spiro atoms. The van der Waals surface area contributed by atoms with E-state index < -0.39 is 5.60 Å². The maximum absolute atomic E-state index is 12.3. The summed E-state index contributed by atoms with van der Waals surface area (Å²) in [7, 11) is 0. The van der Waals surface area contributed by atoms with Crippen LogP contribution in [0.15, 0.2) is 54.6 Å². The molecule has 0 atom stereocenters. The molecular weight excluding hydrogens is 398 g/mol. The fourth-order valence-electron chi connectivity index (χ4n) is 4.79. The van der Waals surface area contributed by atoms with Gasteiger partial charge in [0, 0.05) is 51.5 Å². The van der Waals surface area contributed by atoms with Crippen LogP contribution in [-0.4, -0.2) is 60.8 Å². The predicted octanol–water partition coefficient (Wildman–Crippen LogP) is 5.12. The highest BCUT2D eigenvalue weighted by Gasteiger charge is 2.27.